The van der Waals surface area contributed by atoms with E-state index in [0.717, 1.165) is 16.9 Å². The Bertz CT molecular complexity index is 778. The topological polar surface area (TPSA) is 55.4 Å². The molecule has 0 amide bonds. The van der Waals surface area contributed by atoms with Gasteiger partial charge in [-0.1, -0.05) is 51.1 Å². The van der Waals surface area contributed by atoms with Crippen LogP contribution in [0.3, 0.4) is 0 Å². The number of nitrogens with one attached hydrogen (secondary N) is 1. The zero-order valence-electron chi connectivity index (χ0n) is 14.7. The standard InChI is InChI=1S/C19H25NO3S/c1-5-23-18-12-11-16(13-17(18)19(2,3)4)24(21,22)20-14-15-9-7-6-8-10-15/h6-13,20H,5,14H2,1-4H3. The van der Waals surface area contributed by atoms with Gasteiger partial charge >= 0.3 is 0 Å². The van der Waals surface area contributed by atoms with Crippen LogP contribution in [-0.2, 0) is 22.0 Å². The van der Waals surface area contributed by atoms with Crippen LogP contribution in [0.1, 0.15) is 38.8 Å². The summed E-state index contributed by atoms with van der Waals surface area (Å²) in [4.78, 5) is 0.256. The van der Waals surface area contributed by atoms with Crippen molar-refractivity contribution in [1.82, 2.24) is 4.72 Å². The monoisotopic (exact) mass is 347 g/mol. The van der Waals surface area contributed by atoms with Crippen LogP contribution in [0.2, 0.25) is 0 Å². The quantitative estimate of drug-likeness (QED) is 0.863. The molecule has 0 heterocycles. The van der Waals surface area contributed by atoms with E-state index in [1.165, 1.54) is 0 Å². The molecule has 0 aliphatic rings. The molecule has 0 bridgehead atoms. The fraction of sp³-hybridized carbons (Fsp3) is 0.368. The minimum Gasteiger partial charge on any atom is -0.494 e. The Kier molecular flexibility index (Phi) is 5.67. The van der Waals surface area contributed by atoms with Gasteiger partial charge in [0.1, 0.15) is 5.75 Å². The first-order valence-electron chi connectivity index (χ1n) is 8.05. The van der Waals surface area contributed by atoms with Crippen molar-refractivity contribution in [2.24, 2.45) is 0 Å². The number of rotatable bonds is 6. The Morgan fingerprint density at radius 3 is 2.29 bits per heavy atom. The fourth-order valence-electron chi connectivity index (χ4n) is 2.40. The molecule has 2 rings (SSSR count). The molecule has 0 unspecified atom stereocenters. The summed E-state index contributed by atoms with van der Waals surface area (Å²) in [5, 5.41) is 0. The van der Waals surface area contributed by atoms with E-state index in [2.05, 4.69) is 4.72 Å². The second-order valence-corrected chi connectivity index (χ2v) is 8.42. The maximum absolute atomic E-state index is 12.6. The van der Waals surface area contributed by atoms with Gasteiger partial charge in [0.25, 0.3) is 0 Å². The highest BCUT2D eigenvalue weighted by Gasteiger charge is 2.23. The van der Waals surface area contributed by atoms with Crippen LogP contribution in [0.15, 0.2) is 53.4 Å². The zero-order valence-corrected chi connectivity index (χ0v) is 15.5. The molecule has 2 aromatic rings. The third kappa shape index (κ3) is 4.58. The summed E-state index contributed by atoms with van der Waals surface area (Å²) in [5.74, 6) is 0.729. The van der Waals surface area contributed by atoms with Crippen molar-refractivity contribution >= 4 is 10.0 Å². The molecule has 0 aliphatic heterocycles. The summed E-state index contributed by atoms with van der Waals surface area (Å²) in [6.07, 6.45) is 0. The molecule has 2 aromatic carbocycles. The highest BCUT2D eigenvalue weighted by molar-refractivity contribution is 7.89. The minimum absolute atomic E-state index is 0.213. The highest BCUT2D eigenvalue weighted by Crippen LogP contribution is 2.33. The predicted octanol–water partition coefficient (Wildman–Crippen LogP) is 3.86. The molecule has 130 valence electrons. The average Bonchev–Trinajstić information content (AvgIpc) is 2.53. The Hall–Kier alpha value is -1.85. The summed E-state index contributed by atoms with van der Waals surface area (Å²) in [6.45, 7) is 8.84. The van der Waals surface area contributed by atoms with Crippen molar-refractivity contribution < 1.29 is 13.2 Å². The van der Waals surface area contributed by atoms with Crippen LogP contribution in [0.5, 0.6) is 5.75 Å². The van der Waals surface area contributed by atoms with Gasteiger partial charge in [-0.3, -0.25) is 0 Å². The van der Waals surface area contributed by atoms with Crippen LogP contribution in [-0.4, -0.2) is 15.0 Å². The van der Waals surface area contributed by atoms with Crippen molar-refractivity contribution in [1.29, 1.82) is 0 Å². The van der Waals surface area contributed by atoms with Crippen LogP contribution < -0.4 is 9.46 Å². The number of sulfonamides is 1. The van der Waals surface area contributed by atoms with Gasteiger partial charge in [0.15, 0.2) is 0 Å². The lowest BCUT2D eigenvalue weighted by atomic mass is 9.86. The van der Waals surface area contributed by atoms with E-state index in [0.29, 0.717) is 6.61 Å². The molecule has 5 heteroatoms. The van der Waals surface area contributed by atoms with Crippen molar-refractivity contribution in [3.05, 3.63) is 59.7 Å². The lowest BCUT2D eigenvalue weighted by Crippen LogP contribution is -2.24. The molecule has 4 nitrogen and oxygen atoms in total. The molecule has 0 aromatic heterocycles. The lowest BCUT2D eigenvalue weighted by Gasteiger charge is -2.23. The third-order valence-corrected chi connectivity index (χ3v) is 5.08. The molecular weight excluding hydrogens is 322 g/mol. The molecule has 0 fully saturated rings. The maximum atomic E-state index is 12.6. The number of ether oxygens (including phenoxy) is 1. The van der Waals surface area contributed by atoms with Crippen LogP contribution in [0.4, 0.5) is 0 Å². The van der Waals surface area contributed by atoms with Gasteiger partial charge in [-0.2, -0.15) is 0 Å². The molecule has 24 heavy (non-hydrogen) atoms. The van der Waals surface area contributed by atoms with Crippen molar-refractivity contribution in [2.45, 2.75) is 44.6 Å². The minimum atomic E-state index is -3.58. The summed E-state index contributed by atoms with van der Waals surface area (Å²) >= 11 is 0. The summed E-state index contributed by atoms with van der Waals surface area (Å²) in [7, 11) is -3.58. The zero-order chi connectivity index (χ0) is 17.8. The Morgan fingerprint density at radius 1 is 1.04 bits per heavy atom. The first-order valence-corrected chi connectivity index (χ1v) is 9.53. The molecule has 0 atom stereocenters. The Morgan fingerprint density at radius 2 is 1.71 bits per heavy atom. The summed E-state index contributed by atoms with van der Waals surface area (Å²) in [5.41, 5.74) is 1.59. The lowest BCUT2D eigenvalue weighted by molar-refractivity contribution is 0.329. The van der Waals surface area contributed by atoms with Gasteiger partial charge in [-0.25, -0.2) is 13.1 Å². The Balaban J connectivity index is 2.29. The molecule has 0 saturated carbocycles. The van der Waals surface area contributed by atoms with Crippen LogP contribution in [0.25, 0.3) is 0 Å². The smallest absolute Gasteiger partial charge is 0.240 e. The predicted molar refractivity (Wildman–Crippen MR) is 96.8 cm³/mol. The van der Waals surface area contributed by atoms with Crippen LogP contribution >= 0.6 is 0 Å². The van der Waals surface area contributed by atoms with Gasteiger partial charge in [0.05, 0.1) is 11.5 Å². The highest BCUT2D eigenvalue weighted by atomic mass is 32.2. The third-order valence-electron chi connectivity index (χ3n) is 3.68. The molecular formula is C19H25NO3S. The normalized spacial score (nSPS) is 12.2. The number of hydrogen-bond acceptors (Lipinski definition) is 3. The SMILES string of the molecule is CCOc1ccc(S(=O)(=O)NCc2ccccc2)cc1C(C)(C)C. The van der Waals surface area contributed by atoms with E-state index in [1.807, 2.05) is 58.0 Å². The fourth-order valence-corrected chi connectivity index (χ4v) is 3.44. The first kappa shape index (κ1) is 18.5. The van der Waals surface area contributed by atoms with E-state index < -0.39 is 10.0 Å². The second-order valence-electron chi connectivity index (χ2n) is 6.65. The number of hydrogen-bond donors (Lipinski definition) is 1. The van der Waals surface area contributed by atoms with E-state index >= 15 is 0 Å². The molecule has 0 aliphatic carbocycles. The van der Waals surface area contributed by atoms with Gasteiger partial charge in [-0.05, 0) is 36.1 Å². The van der Waals surface area contributed by atoms with E-state index in [4.69, 9.17) is 4.74 Å². The van der Waals surface area contributed by atoms with Crippen molar-refractivity contribution in [2.75, 3.05) is 6.61 Å². The van der Waals surface area contributed by atoms with Gasteiger partial charge < -0.3 is 4.74 Å². The van der Waals surface area contributed by atoms with E-state index in [-0.39, 0.29) is 16.9 Å². The van der Waals surface area contributed by atoms with Crippen molar-refractivity contribution in [3.63, 3.8) is 0 Å². The second kappa shape index (κ2) is 7.36. The Labute approximate surface area is 144 Å². The maximum Gasteiger partial charge on any atom is 0.240 e. The molecule has 0 spiro atoms. The summed E-state index contributed by atoms with van der Waals surface area (Å²) < 4.78 is 33.5. The average molecular weight is 347 g/mol. The number of benzene rings is 2. The first-order chi connectivity index (χ1) is 11.2. The van der Waals surface area contributed by atoms with E-state index in [9.17, 15) is 8.42 Å². The largest absolute Gasteiger partial charge is 0.494 e. The summed E-state index contributed by atoms with van der Waals surface area (Å²) in [6, 6.07) is 14.5. The molecule has 0 saturated heterocycles. The van der Waals surface area contributed by atoms with Crippen molar-refractivity contribution in [3.8, 4) is 5.75 Å². The van der Waals surface area contributed by atoms with Crippen LogP contribution in [0, 0.1) is 0 Å². The van der Waals surface area contributed by atoms with Gasteiger partial charge in [0, 0.05) is 12.1 Å². The van der Waals surface area contributed by atoms with Gasteiger partial charge in [-0.15, -0.1) is 0 Å². The van der Waals surface area contributed by atoms with Gasteiger partial charge in [0.2, 0.25) is 10.0 Å². The molecule has 0 radical (unpaired) electrons. The van der Waals surface area contributed by atoms with E-state index in [1.54, 1.807) is 18.2 Å². The molecule has 1 N–H and O–H groups in total.